The van der Waals surface area contributed by atoms with E-state index in [2.05, 4.69) is 38.7 Å². The molecular weight excluding hydrogens is 342 g/mol. The van der Waals surface area contributed by atoms with E-state index in [9.17, 15) is 4.79 Å². The zero-order valence-electron chi connectivity index (χ0n) is 11.0. The van der Waals surface area contributed by atoms with Crippen molar-refractivity contribution in [3.8, 4) is 5.75 Å². The second kappa shape index (κ2) is 8.55. The Bertz CT molecular complexity index is 496. The molecule has 0 aliphatic rings. The Morgan fingerprint density at radius 2 is 2.30 bits per heavy atom. The van der Waals surface area contributed by atoms with Gasteiger partial charge >= 0.3 is 0 Å². The Morgan fingerprint density at radius 3 is 2.95 bits per heavy atom. The van der Waals surface area contributed by atoms with E-state index in [-0.39, 0.29) is 5.91 Å². The van der Waals surface area contributed by atoms with Crippen LogP contribution >= 0.6 is 28.1 Å². The SMILES string of the molecule is C=CCNC(=S)NNC(=O)[C@H](C)Oc1cccc(Br)c1. The number of benzene rings is 1. The molecule has 0 aromatic heterocycles. The van der Waals surface area contributed by atoms with Crippen LogP contribution in [0.3, 0.4) is 0 Å². The summed E-state index contributed by atoms with van der Waals surface area (Å²) < 4.78 is 6.39. The predicted octanol–water partition coefficient (Wildman–Crippen LogP) is 1.90. The van der Waals surface area contributed by atoms with Gasteiger partial charge in [-0.05, 0) is 37.3 Å². The Hall–Kier alpha value is -1.60. The minimum Gasteiger partial charge on any atom is -0.481 e. The normalized spacial score (nSPS) is 11.1. The average Bonchev–Trinajstić information content (AvgIpc) is 2.42. The lowest BCUT2D eigenvalue weighted by Gasteiger charge is -2.16. The highest BCUT2D eigenvalue weighted by Crippen LogP contribution is 2.18. The van der Waals surface area contributed by atoms with Gasteiger partial charge in [-0.25, -0.2) is 0 Å². The minimum atomic E-state index is -0.654. The van der Waals surface area contributed by atoms with Crippen molar-refractivity contribution >= 4 is 39.2 Å². The minimum absolute atomic E-state index is 0.313. The summed E-state index contributed by atoms with van der Waals surface area (Å²) in [5.41, 5.74) is 5.04. The van der Waals surface area contributed by atoms with Gasteiger partial charge < -0.3 is 10.1 Å². The fourth-order valence-corrected chi connectivity index (χ4v) is 1.74. The van der Waals surface area contributed by atoms with Gasteiger partial charge in [0.05, 0.1) is 0 Å². The molecule has 0 aliphatic heterocycles. The zero-order valence-corrected chi connectivity index (χ0v) is 13.4. The van der Waals surface area contributed by atoms with Crippen molar-refractivity contribution in [2.75, 3.05) is 6.54 Å². The second-order valence-electron chi connectivity index (χ2n) is 3.83. The molecule has 108 valence electrons. The van der Waals surface area contributed by atoms with Crippen LogP contribution in [0.25, 0.3) is 0 Å². The number of nitrogens with one attached hydrogen (secondary N) is 3. The molecule has 0 heterocycles. The lowest BCUT2D eigenvalue weighted by molar-refractivity contribution is -0.127. The highest BCUT2D eigenvalue weighted by atomic mass is 79.9. The van der Waals surface area contributed by atoms with Gasteiger partial charge in [0.15, 0.2) is 11.2 Å². The lowest BCUT2D eigenvalue weighted by atomic mass is 10.3. The number of hydrogen-bond acceptors (Lipinski definition) is 3. The van der Waals surface area contributed by atoms with Gasteiger partial charge in [0, 0.05) is 11.0 Å². The maximum Gasteiger partial charge on any atom is 0.279 e. The number of ether oxygens (including phenoxy) is 1. The molecule has 3 N–H and O–H groups in total. The standard InChI is InChI=1S/C13H16BrN3O2S/c1-3-7-15-13(20)17-16-12(18)9(2)19-11-6-4-5-10(14)8-11/h3-6,8-9H,1,7H2,2H3,(H,16,18)(H2,15,17,20)/t9-/m0/s1. The monoisotopic (exact) mass is 357 g/mol. The molecule has 7 heteroatoms. The molecule has 0 aliphatic carbocycles. The quantitative estimate of drug-likeness (QED) is 0.426. The number of hydrazine groups is 1. The number of rotatable bonds is 5. The van der Waals surface area contributed by atoms with Gasteiger partial charge in [-0.2, -0.15) is 0 Å². The Morgan fingerprint density at radius 1 is 1.55 bits per heavy atom. The third kappa shape index (κ3) is 6.03. The molecule has 1 aromatic carbocycles. The highest BCUT2D eigenvalue weighted by Gasteiger charge is 2.14. The van der Waals surface area contributed by atoms with Gasteiger partial charge in [-0.3, -0.25) is 15.6 Å². The second-order valence-corrected chi connectivity index (χ2v) is 5.15. The van der Waals surface area contributed by atoms with Gasteiger partial charge in [-0.1, -0.05) is 28.1 Å². The first kappa shape index (κ1) is 16.5. The van der Waals surface area contributed by atoms with Crippen molar-refractivity contribution in [2.45, 2.75) is 13.0 Å². The topological polar surface area (TPSA) is 62.4 Å². The van der Waals surface area contributed by atoms with Crippen LogP contribution in [0, 0.1) is 0 Å². The molecule has 0 bridgehead atoms. The van der Waals surface area contributed by atoms with Crippen LogP contribution in [-0.4, -0.2) is 23.7 Å². The summed E-state index contributed by atoms with van der Waals surface area (Å²) in [7, 11) is 0. The first-order chi connectivity index (χ1) is 9.52. The van der Waals surface area contributed by atoms with Gasteiger partial charge in [0.25, 0.3) is 5.91 Å². The maximum absolute atomic E-state index is 11.8. The lowest BCUT2D eigenvalue weighted by Crippen LogP contribution is -2.50. The first-order valence-corrected chi connectivity index (χ1v) is 7.10. The molecule has 20 heavy (non-hydrogen) atoms. The van der Waals surface area contributed by atoms with Crippen LogP contribution in [-0.2, 0) is 4.79 Å². The van der Waals surface area contributed by atoms with Crippen LogP contribution in [0.2, 0.25) is 0 Å². The van der Waals surface area contributed by atoms with Gasteiger partial charge in [0.2, 0.25) is 0 Å². The molecule has 5 nitrogen and oxygen atoms in total. The fourth-order valence-electron chi connectivity index (χ4n) is 1.23. The van der Waals surface area contributed by atoms with Crippen molar-refractivity contribution in [3.05, 3.63) is 41.4 Å². The number of halogens is 1. The van der Waals surface area contributed by atoms with Crippen LogP contribution in [0.15, 0.2) is 41.4 Å². The van der Waals surface area contributed by atoms with Gasteiger partial charge in [-0.15, -0.1) is 6.58 Å². The third-order valence-electron chi connectivity index (χ3n) is 2.18. The number of thiocarbonyl (C=S) groups is 1. The molecule has 0 saturated heterocycles. The van der Waals surface area contributed by atoms with E-state index in [1.54, 1.807) is 25.1 Å². The van der Waals surface area contributed by atoms with Crippen molar-refractivity contribution in [2.24, 2.45) is 0 Å². The fraction of sp³-hybridized carbons (Fsp3) is 0.231. The predicted molar refractivity (Wildman–Crippen MR) is 86.3 cm³/mol. The molecule has 1 amide bonds. The number of hydrogen-bond donors (Lipinski definition) is 3. The summed E-state index contributed by atoms with van der Waals surface area (Å²) in [6, 6.07) is 7.27. The van der Waals surface area contributed by atoms with Crippen LogP contribution in [0.1, 0.15) is 6.92 Å². The molecule has 0 fully saturated rings. The summed E-state index contributed by atoms with van der Waals surface area (Å²) >= 11 is 8.28. The molecule has 0 unspecified atom stereocenters. The Labute approximate surface area is 131 Å². The summed E-state index contributed by atoms with van der Waals surface area (Å²) in [4.78, 5) is 11.8. The van der Waals surface area contributed by atoms with E-state index in [1.807, 2.05) is 12.1 Å². The van der Waals surface area contributed by atoms with E-state index in [0.717, 1.165) is 4.47 Å². The van der Waals surface area contributed by atoms with Crippen LogP contribution in [0.5, 0.6) is 5.75 Å². The average molecular weight is 358 g/mol. The Balaban J connectivity index is 2.39. The molecule has 0 spiro atoms. The molecule has 1 aromatic rings. The highest BCUT2D eigenvalue weighted by molar-refractivity contribution is 9.10. The molecule has 1 atom stereocenters. The van der Waals surface area contributed by atoms with Crippen molar-refractivity contribution in [1.82, 2.24) is 16.2 Å². The molecule has 0 saturated carbocycles. The summed E-state index contributed by atoms with van der Waals surface area (Å²) in [6.45, 7) is 5.72. The molecular formula is C13H16BrN3O2S. The smallest absolute Gasteiger partial charge is 0.279 e. The number of amides is 1. The molecule has 0 radical (unpaired) electrons. The van der Waals surface area contributed by atoms with E-state index < -0.39 is 6.10 Å². The van der Waals surface area contributed by atoms with Crippen LogP contribution in [0.4, 0.5) is 0 Å². The van der Waals surface area contributed by atoms with E-state index in [1.165, 1.54) is 0 Å². The van der Waals surface area contributed by atoms with Crippen molar-refractivity contribution in [3.63, 3.8) is 0 Å². The summed E-state index contributed by atoms with van der Waals surface area (Å²) in [6.07, 6.45) is 1.01. The van der Waals surface area contributed by atoms with E-state index in [0.29, 0.717) is 17.4 Å². The summed E-state index contributed by atoms with van der Waals surface area (Å²) in [5.74, 6) is 0.280. The van der Waals surface area contributed by atoms with E-state index in [4.69, 9.17) is 17.0 Å². The number of carbonyl (C=O) groups excluding carboxylic acids is 1. The van der Waals surface area contributed by atoms with Crippen molar-refractivity contribution < 1.29 is 9.53 Å². The maximum atomic E-state index is 11.8. The zero-order chi connectivity index (χ0) is 15.0. The van der Waals surface area contributed by atoms with E-state index >= 15 is 0 Å². The first-order valence-electron chi connectivity index (χ1n) is 5.89. The number of carbonyl (C=O) groups is 1. The third-order valence-corrected chi connectivity index (χ3v) is 2.92. The van der Waals surface area contributed by atoms with Crippen molar-refractivity contribution in [1.29, 1.82) is 0 Å². The molecule has 1 rings (SSSR count). The Kier molecular flexibility index (Phi) is 7.03. The van der Waals surface area contributed by atoms with Crippen LogP contribution < -0.4 is 20.9 Å². The summed E-state index contributed by atoms with van der Waals surface area (Å²) in [5, 5.41) is 3.14. The van der Waals surface area contributed by atoms with Gasteiger partial charge in [0.1, 0.15) is 5.75 Å². The largest absolute Gasteiger partial charge is 0.481 e.